The maximum absolute atomic E-state index is 12.6. The number of nitrogens with zero attached hydrogens (tertiary/aromatic N) is 1. The number of hydrogen-bond acceptors (Lipinski definition) is 5. The highest BCUT2D eigenvalue weighted by atomic mass is 16.6. The topological polar surface area (TPSA) is 77.1 Å². The van der Waals surface area contributed by atoms with Gasteiger partial charge in [-0.2, -0.15) is 0 Å². The predicted molar refractivity (Wildman–Crippen MR) is 92.0 cm³/mol. The molecule has 0 spiro atoms. The molecule has 7 nitrogen and oxygen atoms in total. The smallest absolute Gasteiger partial charge is 0.409 e. The van der Waals surface area contributed by atoms with Crippen LogP contribution in [0.4, 0.5) is 10.5 Å². The van der Waals surface area contributed by atoms with Crippen LogP contribution in [-0.2, 0) is 9.53 Å². The van der Waals surface area contributed by atoms with Crippen LogP contribution in [0.25, 0.3) is 0 Å². The average Bonchev–Trinajstić information content (AvgIpc) is 2.87. The number of piperidine rings is 1. The molecule has 0 radical (unpaired) electrons. The molecule has 1 N–H and O–H groups in total. The van der Waals surface area contributed by atoms with Crippen LogP contribution in [0.2, 0.25) is 0 Å². The van der Waals surface area contributed by atoms with E-state index in [-0.39, 0.29) is 17.9 Å². The quantitative estimate of drug-likeness (QED) is 0.909. The standard InChI is InChI=1S/C18H24N2O5/c1-2-23-18(22)20-8-3-5-13(12-20)17(21)19-14-6-7-15-16(11-14)25-10-4-9-24-15/h6-7,11,13H,2-5,8-10,12H2,1H3,(H,19,21). The Bertz CT molecular complexity index is 634. The van der Waals surface area contributed by atoms with Crippen molar-refractivity contribution >= 4 is 17.7 Å². The summed E-state index contributed by atoms with van der Waals surface area (Å²) in [6.45, 7) is 4.35. The Kier molecular flexibility index (Phi) is 5.63. The van der Waals surface area contributed by atoms with E-state index in [4.69, 9.17) is 14.2 Å². The molecule has 136 valence electrons. The van der Waals surface area contributed by atoms with Crippen LogP contribution in [-0.4, -0.2) is 49.8 Å². The van der Waals surface area contributed by atoms with E-state index in [2.05, 4.69) is 5.32 Å². The van der Waals surface area contributed by atoms with Gasteiger partial charge in [0.15, 0.2) is 11.5 Å². The van der Waals surface area contributed by atoms with E-state index >= 15 is 0 Å². The summed E-state index contributed by atoms with van der Waals surface area (Å²) in [4.78, 5) is 26.0. The second kappa shape index (κ2) is 8.09. The van der Waals surface area contributed by atoms with Crippen LogP contribution in [0.1, 0.15) is 26.2 Å². The molecule has 1 aromatic carbocycles. The van der Waals surface area contributed by atoms with Gasteiger partial charge in [-0.05, 0) is 31.9 Å². The molecule has 1 saturated heterocycles. The Morgan fingerprint density at radius 1 is 1.24 bits per heavy atom. The molecular weight excluding hydrogens is 324 g/mol. The van der Waals surface area contributed by atoms with Gasteiger partial charge in [-0.25, -0.2) is 4.79 Å². The lowest BCUT2D eigenvalue weighted by Gasteiger charge is -2.31. The highest BCUT2D eigenvalue weighted by Gasteiger charge is 2.29. The molecule has 2 amide bonds. The number of amides is 2. The number of hydrogen-bond donors (Lipinski definition) is 1. The normalized spacial score (nSPS) is 19.7. The molecular formula is C18H24N2O5. The summed E-state index contributed by atoms with van der Waals surface area (Å²) in [5.41, 5.74) is 0.669. The van der Waals surface area contributed by atoms with Gasteiger partial charge in [0.1, 0.15) is 0 Å². The van der Waals surface area contributed by atoms with E-state index in [1.165, 1.54) is 0 Å². The van der Waals surface area contributed by atoms with Gasteiger partial charge < -0.3 is 24.4 Å². The fourth-order valence-electron chi connectivity index (χ4n) is 3.06. The highest BCUT2D eigenvalue weighted by molar-refractivity contribution is 5.93. The van der Waals surface area contributed by atoms with Crippen molar-refractivity contribution in [2.45, 2.75) is 26.2 Å². The molecule has 0 bridgehead atoms. The number of benzene rings is 1. The first-order chi connectivity index (χ1) is 12.2. The van der Waals surface area contributed by atoms with Gasteiger partial charge in [0, 0.05) is 31.3 Å². The van der Waals surface area contributed by atoms with Crippen LogP contribution < -0.4 is 14.8 Å². The molecule has 2 aliphatic rings. The van der Waals surface area contributed by atoms with Crippen molar-refractivity contribution < 1.29 is 23.8 Å². The molecule has 0 aliphatic carbocycles. The van der Waals surface area contributed by atoms with E-state index in [1.54, 1.807) is 24.0 Å². The number of likely N-dealkylation sites (tertiary alicyclic amines) is 1. The highest BCUT2D eigenvalue weighted by Crippen LogP contribution is 2.32. The number of anilines is 1. The largest absolute Gasteiger partial charge is 0.490 e. The van der Waals surface area contributed by atoms with Crippen molar-refractivity contribution in [1.82, 2.24) is 4.90 Å². The lowest BCUT2D eigenvalue weighted by atomic mass is 9.97. The maximum Gasteiger partial charge on any atom is 0.409 e. The fraction of sp³-hybridized carbons (Fsp3) is 0.556. The summed E-state index contributed by atoms with van der Waals surface area (Å²) < 4.78 is 16.3. The summed E-state index contributed by atoms with van der Waals surface area (Å²) in [7, 11) is 0. The van der Waals surface area contributed by atoms with Crippen LogP contribution in [0.3, 0.4) is 0 Å². The molecule has 2 heterocycles. The molecule has 0 aromatic heterocycles. The Morgan fingerprint density at radius 3 is 2.84 bits per heavy atom. The zero-order valence-corrected chi connectivity index (χ0v) is 14.5. The van der Waals surface area contributed by atoms with E-state index in [0.29, 0.717) is 50.1 Å². The SMILES string of the molecule is CCOC(=O)N1CCCC(C(=O)Nc2ccc3c(c2)OCCCO3)C1. The zero-order valence-electron chi connectivity index (χ0n) is 14.5. The van der Waals surface area contributed by atoms with Crippen molar-refractivity contribution in [3.8, 4) is 11.5 Å². The van der Waals surface area contributed by atoms with Gasteiger partial charge in [-0.3, -0.25) is 4.79 Å². The summed E-state index contributed by atoms with van der Waals surface area (Å²) in [6.07, 6.45) is 2.03. The Morgan fingerprint density at radius 2 is 2.04 bits per heavy atom. The van der Waals surface area contributed by atoms with E-state index in [1.807, 2.05) is 6.07 Å². The minimum absolute atomic E-state index is 0.0940. The lowest BCUT2D eigenvalue weighted by Crippen LogP contribution is -2.44. The van der Waals surface area contributed by atoms with Gasteiger partial charge in [-0.1, -0.05) is 0 Å². The predicted octanol–water partition coefficient (Wildman–Crippen LogP) is 2.65. The zero-order chi connectivity index (χ0) is 17.6. The number of rotatable bonds is 3. The van der Waals surface area contributed by atoms with Gasteiger partial charge in [-0.15, -0.1) is 0 Å². The molecule has 1 aromatic rings. The number of carbonyl (C=O) groups is 2. The molecule has 2 aliphatic heterocycles. The van der Waals surface area contributed by atoms with Crippen LogP contribution in [0.15, 0.2) is 18.2 Å². The van der Waals surface area contributed by atoms with Gasteiger partial charge >= 0.3 is 6.09 Å². The maximum atomic E-state index is 12.6. The molecule has 1 fully saturated rings. The van der Waals surface area contributed by atoms with Crippen LogP contribution in [0, 0.1) is 5.92 Å². The lowest BCUT2D eigenvalue weighted by molar-refractivity contribution is -0.121. The molecule has 25 heavy (non-hydrogen) atoms. The third kappa shape index (κ3) is 4.35. The average molecular weight is 348 g/mol. The minimum atomic E-state index is -0.351. The summed E-state index contributed by atoms with van der Waals surface area (Å²) in [5.74, 6) is 1.01. The first-order valence-electron chi connectivity index (χ1n) is 8.79. The Balaban J connectivity index is 1.62. The molecule has 7 heteroatoms. The van der Waals surface area contributed by atoms with Gasteiger partial charge in [0.05, 0.1) is 25.7 Å². The third-order valence-corrected chi connectivity index (χ3v) is 4.33. The first-order valence-corrected chi connectivity index (χ1v) is 8.79. The number of nitrogens with one attached hydrogen (secondary N) is 1. The molecule has 3 rings (SSSR count). The summed E-state index contributed by atoms with van der Waals surface area (Å²) in [6, 6.07) is 5.39. The third-order valence-electron chi connectivity index (χ3n) is 4.33. The fourth-order valence-corrected chi connectivity index (χ4v) is 3.06. The minimum Gasteiger partial charge on any atom is -0.490 e. The van der Waals surface area contributed by atoms with Crippen molar-refractivity contribution in [3.63, 3.8) is 0 Å². The van der Waals surface area contributed by atoms with E-state index in [9.17, 15) is 9.59 Å². The number of carbonyl (C=O) groups excluding carboxylic acids is 2. The molecule has 0 saturated carbocycles. The molecule has 1 unspecified atom stereocenters. The van der Waals surface area contributed by atoms with Gasteiger partial charge in [0.25, 0.3) is 0 Å². The van der Waals surface area contributed by atoms with Crippen molar-refractivity contribution in [1.29, 1.82) is 0 Å². The van der Waals surface area contributed by atoms with Crippen LogP contribution >= 0.6 is 0 Å². The van der Waals surface area contributed by atoms with Crippen molar-refractivity contribution in [3.05, 3.63) is 18.2 Å². The number of fused-ring (bicyclic) bond motifs is 1. The van der Waals surface area contributed by atoms with E-state index < -0.39 is 0 Å². The Hall–Kier alpha value is -2.44. The van der Waals surface area contributed by atoms with Crippen molar-refractivity contribution in [2.75, 3.05) is 38.2 Å². The number of ether oxygens (including phenoxy) is 3. The Labute approximate surface area is 147 Å². The molecule has 1 atom stereocenters. The first kappa shape index (κ1) is 17.4. The summed E-state index contributed by atoms with van der Waals surface area (Å²) >= 11 is 0. The van der Waals surface area contributed by atoms with Crippen molar-refractivity contribution in [2.24, 2.45) is 5.92 Å². The van der Waals surface area contributed by atoms with Crippen LogP contribution in [0.5, 0.6) is 11.5 Å². The van der Waals surface area contributed by atoms with E-state index in [0.717, 1.165) is 19.3 Å². The van der Waals surface area contributed by atoms with Gasteiger partial charge in [0.2, 0.25) is 5.91 Å². The second-order valence-electron chi connectivity index (χ2n) is 6.19. The summed E-state index contributed by atoms with van der Waals surface area (Å²) in [5, 5.41) is 2.92. The monoisotopic (exact) mass is 348 g/mol. The second-order valence-corrected chi connectivity index (χ2v) is 6.19.